The van der Waals surface area contributed by atoms with Gasteiger partial charge in [-0.2, -0.15) is 0 Å². The minimum atomic E-state index is -1.05. The highest BCUT2D eigenvalue weighted by atomic mass is 16.5. The lowest BCUT2D eigenvalue weighted by Crippen LogP contribution is -2.39. The molecular weight excluding hydrogens is 386 g/mol. The molecule has 0 spiro atoms. The van der Waals surface area contributed by atoms with Crippen molar-refractivity contribution < 1.29 is 14.6 Å². The van der Waals surface area contributed by atoms with E-state index in [1.54, 1.807) is 0 Å². The van der Waals surface area contributed by atoms with Crippen molar-refractivity contribution in [3.05, 3.63) is 83.1 Å². The van der Waals surface area contributed by atoms with E-state index in [2.05, 4.69) is 12.2 Å². The Bertz CT molecular complexity index is 863. The number of nitrogens with one attached hydrogen (secondary N) is 1. The standard InChI is InChI=1S/C27H35NO3/c1-3-5-6-13-18-28-24-20-27(30,22-16-11-8-12-17-22)19-23(21-14-9-7-10-15-21)25(24)26(29)31-4-2/h7-12,14-17,23,28,30H,3-6,13,18-20H2,1-2H3/t23-,27+/m1/s1. The first-order valence-electron chi connectivity index (χ1n) is 11.6. The molecule has 2 N–H and O–H groups in total. The number of carbonyl (C=O) groups is 1. The SMILES string of the molecule is CCCCCCNC1=C(C(=O)OCC)[C@@H](c2ccccc2)C[C@@](O)(c2ccccc2)C1. The van der Waals surface area contributed by atoms with E-state index in [9.17, 15) is 9.90 Å². The zero-order valence-corrected chi connectivity index (χ0v) is 18.8. The number of carbonyl (C=O) groups excluding carboxylic acids is 1. The van der Waals surface area contributed by atoms with Crippen molar-refractivity contribution in [3.63, 3.8) is 0 Å². The van der Waals surface area contributed by atoms with Gasteiger partial charge in [-0.15, -0.1) is 0 Å². The summed E-state index contributed by atoms with van der Waals surface area (Å²) >= 11 is 0. The Hall–Kier alpha value is -2.59. The van der Waals surface area contributed by atoms with Crippen LogP contribution < -0.4 is 5.32 Å². The van der Waals surface area contributed by atoms with Crippen LogP contribution in [0.2, 0.25) is 0 Å². The van der Waals surface area contributed by atoms with Gasteiger partial charge in [-0.3, -0.25) is 0 Å². The molecule has 31 heavy (non-hydrogen) atoms. The van der Waals surface area contributed by atoms with Crippen molar-refractivity contribution in [2.45, 2.75) is 63.9 Å². The summed E-state index contributed by atoms with van der Waals surface area (Å²) in [5.41, 5.74) is 2.31. The Morgan fingerprint density at radius 3 is 2.35 bits per heavy atom. The molecule has 2 aromatic carbocycles. The summed E-state index contributed by atoms with van der Waals surface area (Å²) in [5, 5.41) is 15.3. The van der Waals surface area contributed by atoms with Crippen molar-refractivity contribution in [1.82, 2.24) is 5.32 Å². The van der Waals surface area contributed by atoms with Gasteiger partial charge in [-0.25, -0.2) is 4.79 Å². The third-order valence-electron chi connectivity index (χ3n) is 6.06. The van der Waals surface area contributed by atoms with Crippen LogP contribution in [0.5, 0.6) is 0 Å². The zero-order valence-electron chi connectivity index (χ0n) is 18.8. The monoisotopic (exact) mass is 421 g/mol. The Kier molecular flexibility index (Phi) is 8.30. The summed E-state index contributed by atoms with van der Waals surface area (Å²) in [6.45, 7) is 5.14. The molecule has 2 atom stereocenters. The van der Waals surface area contributed by atoms with Gasteiger partial charge in [0.25, 0.3) is 0 Å². The third-order valence-corrected chi connectivity index (χ3v) is 6.06. The molecule has 0 bridgehead atoms. The lowest BCUT2D eigenvalue weighted by Gasteiger charge is -2.40. The largest absolute Gasteiger partial charge is 0.463 e. The average molecular weight is 422 g/mol. The molecule has 3 rings (SSSR count). The van der Waals surface area contributed by atoms with Gasteiger partial charge in [0, 0.05) is 24.6 Å². The first kappa shape index (κ1) is 23.1. The van der Waals surface area contributed by atoms with Gasteiger partial charge in [-0.1, -0.05) is 86.8 Å². The summed E-state index contributed by atoms with van der Waals surface area (Å²) in [5.74, 6) is -0.528. The number of ether oxygens (including phenoxy) is 1. The number of hydrogen-bond donors (Lipinski definition) is 2. The molecule has 0 aromatic heterocycles. The lowest BCUT2D eigenvalue weighted by molar-refractivity contribution is -0.139. The van der Waals surface area contributed by atoms with E-state index in [0.29, 0.717) is 25.0 Å². The van der Waals surface area contributed by atoms with Crippen LogP contribution in [0, 0.1) is 0 Å². The van der Waals surface area contributed by atoms with Crippen LogP contribution in [0.1, 0.15) is 69.4 Å². The van der Waals surface area contributed by atoms with Gasteiger partial charge in [-0.05, 0) is 30.9 Å². The first-order valence-corrected chi connectivity index (χ1v) is 11.6. The van der Waals surface area contributed by atoms with Crippen LogP contribution in [-0.4, -0.2) is 24.2 Å². The minimum Gasteiger partial charge on any atom is -0.463 e. The third kappa shape index (κ3) is 5.76. The molecule has 0 fully saturated rings. The fourth-order valence-corrected chi connectivity index (χ4v) is 4.47. The van der Waals surface area contributed by atoms with E-state index in [1.807, 2.05) is 67.6 Å². The predicted octanol–water partition coefficient (Wildman–Crippen LogP) is 5.44. The van der Waals surface area contributed by atoms with Crippen molar-refractivity contribution in [2.75, 3.05) is 13.2 Å². The Morgan fingerprint density at radius 1 is 1.03 bits per heavy atom. The van der Waals surface area contributed by atoms with Crippen LogP contribution >= 0.6 is 0 Å². The van der Waals surface area contributed by atoms with Crippen LogP contribution in [0.4, 0.5) is 0 Å². The highest BCUT2D eigenvalue weighted by Crippen LogP contribution is 2.46. The van der Waals surface area contributed by atoms with E-state index in [-0.39, 0.29) is 11.9 Å². The van der Waals surface area contributed by atoms with Gasteiger partial charge in [0.2, 0.25) is 0 Å². The molecule has 2 aromatic rings. The normalized spacial score (nSPS) is 21.1. The maximum absolute atomic E-state index is 13.1. The second kappa shape index (κ2) is 11.1. The molecule has 0 aliphatic heterocycles. The fraction of sp³-hybridized carbons (Fsp3) is 0.444. The molecule has 4 nitrogen and oxygen atoms in total. The topological polar surface area (TPSA) is 58.6 Å². The number of benzene rings is 2. The quantitative estimate of drug-likeness (QED) is 0.396. The molecular formula is C27H35NO3. The summed E-state index contributed by atoms with van der Waals surface area (Å²) in [6.07, 6.45) is 5.38. The van der Waals surface area contributed by atoms with E-state index in [1.165, 1.54) is 12.8 Å². The first-order chi connectivity index (χ1) is 15.1. The second-order valence-electron chi connectivity index (χ2n) is 8.34. The Morgan fingerprint density at radius 2 is 1.71 bits per heavy atom. The van der Waals surface area contributed by atoms with Gasteiger partial charge >= 0.3 is 5.97 Å². The highest BCUT2D eigenvalue weighted by Gasteiger charge is 2.43. The van der Waals surface area contributed by atoms with Gasteiger partial charge in [0.05, 0.1) is 17.8 Å². The van der Waals surface area contributed by atoms with Crippen LogP contribution in [0.3, 0.4) is 0 Å². The maximum atomic E-state index is 13.1. The molecule has 0 saturated heterocycles. The molecule has 1 aliphatic rings. The van der Waals surface area contributed by atoms with Gasteiger partial charge in [0.1, 0.15) is 0 Å². The lowest BCUT2D eigenvalue weighted by atomic mass is 9.70. The molecule has 0 heterocycles. The number of unbranched alkanes of at least 4 members (excludes halogenated alkanes) is 3. The van der Waals surface area contributed by atoms with Gasteiger partial charge < -0.3 is 15.2 Å². The number of esters is 1. The van der Waals surface area contributed by atoms with Gasteiger partial charge in [0.15, 0.2) is 0 Å². The smallest absolute Gasteiger partial charge is 0.336 e. The van der Waals surface area contributed by atoms with Crippen molar-refractivity contribution >= 4 is 5.97 Å². The molecule has 166 valence electrons. The van der Waals surface area contributed by atoms with Crippen molar-refractivity contribution in [3.8, 4) is 0 Å². The number of hydrogen-bond acceptors (Lipinski definition) is 4. The molecule has 0 radical (unpaired) electrons. The average Bonchev–Trinajstić information content (AvgIpc) is 2.80. The molecule has 0 unspecified atom stereocenters. The Balaban J connectivity index is 2.01. The summed E-state index contributed by atoms with van der Waals surface area (Å²) in [7, 11) is 0. The van der Waals surface area contributed by atoms with E-state index < -0.39 is 5.60 Å². The van der Waals surface area contributed by atoms with E-state index in [0.717, 1.165) is 36.2 Å². The van der Waals surface area contributed by atoms with Crippen LogP contribution in [0.25, 0.3) is 0 Å². The summed E-state index contributed by atoms with van der Waals surface area (Å²) in [6, 6.07) is 19.8. The van der Waals surface area contributed by atoms with Crippen LogP contribution in [0.15, 0.2) is 71.9 Å². The van der Waals surface area contributed by atoms with Crippen LogP contribution in [-0.2, 0) is 15.1 Å². The number of rotatable bonds is 10. The molecule has 4 heteroatoms. The second-order valence-corrected chi connectivity index (χ2v) is 8.34. The van der Waals surface area contributed by atoms with Crippen molar-refractivity contribution in [2.24, 2.45) is 0 Å². The zero-order chi connectivity index (χ0) is 22.1. The summed E-state index contributed by atoms with van der Waals surface area (Å²) in [4.78, 5) is 13.1. The fourth-order valence-electron chi connectivity index (χ4n) is 4.47. The molecule has 0 saturated carbocycles. The minimum absolute atomic E-state index is 0.239. The summed E-state index contributed by atoms with van der Waals surface area (Å²) < 4.78 is 5.46. The predicted molar refractivity (Wildman–Crippen MR) is 125 cm³/mol. The van der Waals surface area contributed by atoms with E-state index in [4.69, 9.17) is 4.74 Å². The highest BCUT2D eigenvalue weighted by molar-refractivity contribution is 5.91. The van der Waals surface area contributed by atoms with E-state index >= 15 is 0 Å². The molecule has 0 amide bonds. The number of aliphatic hydroxyl groups is 1. The molecule has 1 aliphatic carbocycles. The maximum Gasteiger partial charge on any atom is 0.336 e. The van der Waals surface area contributed by atoms with Crippen molar-refractivity contribution in [1.29, 1.82) is 0 Å². The Labute approximate surface area is 186 Å².